The molecule has 2 aliphatic rings. The van der Waals surface area contributed by atoms with Gasteiger partial charge in [0.15, 0.2) is 17.4 Å². The lowest BCUT2D eigenvalue weighted by Gasteiger charge is -2.18. The summed E-state index contributed by atoms with van der Waals surface area (Å²) in [5.41, 5.74) is 5.10. The summed E-state index contributed by atoms with van der Waals surface area (Å²) in [7, 11) is 0. The van der Waals surface area contributed by atoms with Gasteiger partial charge in [-0.2, -0.15) is 10.1 Å². The lowest BCUT2D eigenvalue weighted by molar-refractivity contribution is -0.0503. The van der Waals surface area contributed by atoms with Crippen LogP contribution in [0.25, 0.3) is 11.2 Å². The Morgan fingerprint density at radius 3 is 2.64 bits per heavy atom. The average Bonchev–Trinajstić information content (AvgIpc) is 3.18. The van der Waals surface area contributed by atoms with Crippen LogP contribution in [-0.4, -0.2) is 65.8 Å². The number of imidazole rings is 1. The molecular weight excluding hydrogens is 370 g/mol. The molecule has 12 heteroatoms. The van der Waals surface area contributed by atoms with E-state index in [1.807, 2.05) is 0 Å². The number of aliphatic hydroxyl groups is 3. The van der Waals surface area contributed by atoms with E-state index >= 15 is 0 Å². The lowest BCUT2D eigenvalue weighted by atomic mass is 9.96. The molecular formula is C16H23N7O5. The van der Waals surface area contributed by atoms with E-state index in [0.717, 1.165) is 25.7 Å². The van der Waals surface area contributed by atoms with E-state index in [1.165, 1.54) is 11.0 Å². The number of nitrogen functional groups attached to an aromatic ring is 1. The van der Waals surface area contributed by atoms with Gasteiger partial charge in [0.25, 0.3) is 11.5 Å². The topological polar surface area (TPSA) is 184 Å². The van der Waals surface area contributed by atoms with Crippen molar-refractivity contribution >= 4 is 23.1 Å². The first-order valence-corrected chi connectivity index (χ1v) is 9.30. The molecule has 0 spiro atoms. The van der Waals surface area contributed by atoms with Crippen molar-refractivity contribution in [2.75, 3.05) is 12.3 Å². The van der Waals surface area contributed by atoms with Crippen LogP contribution in [0.4, 0.5) is 11.9 Å². The average molecular weight is 393 g/mol. The zero-order chi connectivity index (χ0) is 19.8. The molecule has 152 valence electrons. The SMILES string of the molecule is Nc1nc2c(nc(N=NC3CCCCC3)n2[C@@H]2O[C@H](CO)[C@H](O)C2O)c(=O)[nH]1. The first-order valence-electron chi connectivity index (χ1n) is 9.30. The number of ether oxygens (including phenoxy) is 1. The van der Waals surface area contributed by atoms with Gasteiger partial charge in [0, 0.05) is 0 Å². The van der Waals surface area contributed by atoms with E-state index in [4.69, 9.17) is 10.5 Å². The van der Waals surface area contributed by atoms with Gasteiger partial charge in [0.2, 0.25) is 5.95 Å². The van der Waals surface area contributed by atoms with Gasteiger partial charge in [0.05, 0.1) is 12.6 Å². The molecule has 0 aromatic carbocycles. The number of aromatic amines is 1. The van der Waals surface area contributed by atoms with Crippen LogP contribution in [-0.2, 0) is 4.74 Å². The third kappa shape index (κ3) is 3.28. The summed E-state index contributed by atoms with van der Waals surface area (Å²) < 4.78 is 6.87. The maximum Gasteiger partial charge on any atom is 0.280 e. The molecule has 0 bridgehead atoms. The number of hydrogen-bond donors (Lipinski definition) is 5. The molecule has 1 unspecified atom stereocenters. The van der Waals surface area contributed by atoms with E-state index in [1.54, 1.807) is 0 Å². The second-order valence-corrected chi connectivity index (χ2v) is 7.14. The van der Waals surface area contributed by atoms with Crippen molar-refractivity contribution < 1.29 is 20.1 Å². The number of aromatic nitrogens is 4. The third-order valence-corrected chi connectivity index (χ3v) is 5.21. The summed E-state index contributed by atoms with van der Waals surface area (Å²) in [6.45, 7) is -0.490. The molecule has 28 heavy (non-hydrogen) atoms. The zero-order valence-electron chi connectivity index (χ0n) is 15.1. The van der Waals surface area contributed by atoms with Crippen molar-refractivity contribution in [2.24, 2.45) is 10.2 Å². The second kappa shape index (κ2) is 7.54. The minimum atomic E-state index is -1.39. The Labute approximate surface area is 159 Å². The summed E-state index contributed by atoms with van der Waals surface area (Å²) in [5, 5.41) is 38.4. The highest BCUT2D eigenvalue weighted by Crippen LogP contribution is 2.35. The Balaban J connectivity index is 1.80. The first kappa shape index (κ1) is 18.9. The predicted octanol–water partition coefficient (Wildman–Crippen LogP) is -0.270. The van der Waals surface area contributed by atoms with Crippen molar-refractivity contribution in [1.82, 2.24) is 19.5 Å². The minimum Gasteiger partial charge on any atom is -0.394 e. The highest BCUT2D eigenvalue weighted by atomic mass is 16.6. The standard InChI is InChI=1S/C16H23N7O5/c17-15-19-12-9(13(27)20-15)18-16(22-21-7-4-2-1-3-5-7)23(12)14-11(26)10(25)8(6-24)28-14/h7-8,10-11,14,24-26H,1-6H2,(H3,17,19,20,27)/t8-,10+,11?,14-/m1/s1. The van der Waals surface area contributed by atoms with Gasteiger partial charge in [0.1, 0.15) is 18.3 Å². The first-order chi connectivity index (χ1) is 13.5. The molecule has 1 saturated carbocycles. The number of nitrogens with zero attached hydrogens (tertiary/aromatic N) is 5. The smallest absolute Gasteiger partial charge is 0.280 e. The van der Waals surface area contributed by atoms with Gasteiger partial charge < -0.3 is 25.8 Å². The molecule has 4 rings (SSSR count). The van der Waals surface area contributed by atoms with Gasteiger partial charge >= 0.3 is 0 Å². The Kier molecular flexibility index (Phi) is 5.10. The number of nitrogens with one attached hydrogen (secondary N) is 1. The molecule has 2 aromatic rings. The molecule has 1 saturated heterocycles. The second-order valence-electron chi connectivity index (χ2n) is 7.14. The predicted molar refractivity (Wildman–Crippen MR) is 97.0 cm³/mol. The van der Waals surface area contributed by atoms with Crippen molar-refractivity contribution in [1.29, 1.82) is 0 Å². The summed E-state index contributed by atoms with van der Waals surface area (Å²) >= 11 is 0. The summed E-state index contributed by atoms with van der Waals surface area (Å²) in [4.78, 5) is 22.9. The Bertz CT molecular complexity index is 935. The molecule has 3 heterocycles. The summed E-state index contributed by atoms with van der Waals surface area (Å²) in [5.74, 6) is -0.125. The van der Waals surface area contributed by atoms with Crippen LogP contribution in [0, 0.1) is 0 Å². The zero-order valence-corrected chi connectivity index (χ0v) is 15.1. The fraction of sp³-hybridized carbons (Fsp3) is 0.688. The Morgan fingerprint density at radius 2 is 1.96 bits per heavy atom. The van der Waals surface area contributed by atoms with Crippen LogP contribution < -0.4 is 11.3 Å². The van der Waals surface area contributed by atoms with Gasteiger partial charge in [-0.05, 0) is 12.8 Å². The number of aliphatic hydroxyl groups excluding tert-OH is 3. The summed E-state index contributed by atoms with van der Waals surface area (Å²) in [6.07, 6.45) is 0.291. The number of rotatable bonds is 4. The minimum absolute atomic E-state index is 0.0130. The molecule has 2 fully saturated rings. The van der Waals surface area contributed by atoms with Gasteiger partial charge in [-0.3, -0.25) is 14.3 Å². The van der Waals surface area contributed by atoms with E-state index in [2.05, 4.69) is 25.2 Å². The number of hydrogen-bond acceptors (Lipinski definition) is 10. The maximum atomic E-state index is 12.2. The molecule has 12 nitrogen and oxygen atoms in total. The van der Waals surface area contributed by atoms with Crippen LogP contribution in [0.5, 0.6) is 0 Å². The number of fused-ring (bicyclic) bond motifs is 1. The number of H-pyrrole nitrogens is 1. The number of anilines is 1. The quantitative estimate of drug-likeness (QED) is 0.439. The van der Waals surface area contributed by atoms with Gasteiger partial charge in [-0.1, -0.05) is 19.3 Å². The monoisotopic (exact) mass is 393 g/mol. The van der Waals surface area contributed by atoms with Crippen LogP contribution in [0.1, 0.15) is 38.3 Å². The van der Waals surface area contributed by atoms with Crippen LogP contribution >= 0.6 is 0 Å². The molecule has 0 radical (unpaired) electrons. The normalized spacial score (nSPS) is 29.2. The highest BCUT2D eigenvalue weighted by Gasteiger charge is 2.45. The van der Waals surface area contributed by atoms with Gasteiger partial charge in [-0.25, -0.2) is 4.98 Å². The highest BCUT2D eigenvalue weighted by molar-refractivity contribution is 5.74. The number of azo groups is 1. The van der Waals surface area contributed by atoms with E-state index < -0.39 is 36.7 Å². The fourth-order valence-corrected chi connectivity index (χ4v) is 3.72. The van der Waals surface area contributed by atoms with Gasteiger partial charge in [-0.15, -0.1) is 5.11 Å². The van der Waals surface area contributed by atoms with Crippen molar-refractivity contribution in [3.8, 4) is 0 Å². The molecule has 2 aromatic heterocycles. The molecule has 4 atom stereocenters. The third-order valence-electron chi connectivity index (χ3n) is 5.21. The molecule has 6 N–H and O–H groups in total. The van der Waals surface area contributed by atoms with Crippen molar-refractivity contribution in [3.63, 3.8) is 0 Å². The van der Waals surface area contributed by atoms with E-state index in [0.29, 0.717) is 0 Å². The summed E-state index contributed by atoms with van der Waals surface area (Å²) in [6, 6.07) is 0.0588. The fourth-order valence-electron chi connectivity index (χ4n) is 3.72. The molecule has 1 aliphatic heterocycles. The maximum absolute atomic E-state index is 12.2. The molecule has 1 aliphatic carbocycles. The molecule has 0 amide bonds. The van der Waals surface area contributed by atoms with Crippen LogP contribution in [0.2, 0.25) is 0 Å². The van der Waals surface area contributed by atoms with Crippen LogP contribution in [0.15, 0.2) is 15.0 Å². The Morgan fingerprint density at radius 1 is 1.21 bits per heavy atom. The van der Waals surface area contributed by atoms with E-state index in [9.17, 15) is 20.1 Å². The van der Waals surface area contributed by atoms with Crippen LogP contribution in [0.3, 0.4) is 0 Å². The largest absolute Gasteiger partial charge is 0.394 e. The lowest BCUT2D eigenvalue weighted by Crippen LogP contribution is -2.33. The van der Waals surface area contributed by atoms with Crippen molar-refractivity contribution in [3.05, 3.63) is 10.4 Å². The van der Waals surface area contributed by atoms with Crippen molar-refractivity contribution in [2.45, 2.75) is 62.7 Å². The van der Waals surface area contributed by atoms with E-state index in [-0.39, 0.29) is 29.1 Å². The number of nitrogens with two attached hydrogens (primary N) is 1. The Hall–Kier alpha value is -2.41.